The molecule has 1 aliphatic heterocycles. The minimum atomic E-state index is 0.681. The molecular formula is C23H23N3O2. The van der Waals surface area contributed by atoms with Crippen molar-refractivity contribution >= 4 is 0 Å². The second kappa shape index (κ2) is 7.79. The molecule has 0 spiro atoms. The van der Waals surface area contributed by atoms with Crippen molar-refractivity contribution in [3.63, 3.8) is 0 Å². The molecule has 0 bridgehead atoms. The average molecular weight is 373 g/mol. The van der Waals surface area contributed by atoms with Crippen molar-refractivity contribution in [3.05, 3.63) is 77.1 Å². The Labute approximate surface area is 165 Å². The SMILES string of the molecule is COc1cc2c(cc1OC)CN(Cc1cccn1-c1ccccc1C#N)CC2. The van der Waals surface area contributed by atoms with Gasteiger partial charge in [0, 0.05) is 31.5 Å². The highest BCUT2D eigenvalue weighted by Crippen LogP contribution is 2.33. The zero-order chi connectivity index (χ0) is 19.5. The van der Waals surface area contributed by atoms with E-state index in [1.807, 2.05) is 36.5 Å². The van der Waals surface area contributed by atoms with Crippen LogP contribution in [0.4, 0.5) is 0 Å². The summed E-state index contributed by atoms with van der Waals surface area (Å²) in [5.41, 5.74) is 5.37. The zero-order valence-electron chi connectivity index (χ0n) is 16.2. The molecule has 1 aliphatic rings. The third-order valence-electron chi connectivity index (χ3n) is 5.30. The fourth-order valence-electron chi connectivity index (χ4n) is 3.86. The molecule has 0 aliphatic carbocycles. The lowest BCUT2D eigenvalue weighted by Gasteiger charge is -2.30. The first-order chi connectivity index (χ1) is 13.7. The third kappa shape index (κ3) is 3.35. The summed E-state index contributed by atoms with van der Waals surface area (Å²) in [6.07, 6.45) is 3.00. The first kappa shape index (κ1) is 18.1. The van der Waals surface area contributed by atoms with Gasteiger partial charge in [-0.25, -0.2) is 0 Å². The number of rotatable bonds is 5. The predicted molar refractivity (Wildman–Crippen MR) is 108 cm³/mol. The van der Waals surface area contributed by atoms with Gasteiger partial charge < -0.3 is 14.0 Å². The Bertz CT molecular complexity index is 1030. The zero-order valence-corrected chi connectivity index (χ0v) is 16.2. The van der Waals surface area contributed by atoms with E-state index >= 15 is 0 Å². The lowest BCUT2D eigenvalue weighted by molar-refractivity contribution is 0.240. The highest BCUT2D eigenvalue weighted by atomic mass is 16.5. The molecule has 0 fully saturated rings. The molecule has 28 heavy (non-hydrogen) atoms. The van der Waals surface area contributed by atoms with Crippen LogP contribution in [0, 0.1) is 11.3 Å². The van der Waals surface area contributed by atoms with E-state index in [9.17, 15) is 5.26 Å². The van der Waals surface area contributed by atoms with Crippen molar-refractivity contribution in [1.82, 2.24) is 9.47 Å². The molecule has 1 aromatic heterocycles. The van der Waals surface area contributed by atoms with E-state index in [0.29, 0.717) is 5.56 Å². The highest BCUT2D eigenvalue weighted by Gasteiger charge is 2.20. The maximum Gasteiger partial charge on any atom is 0.161 e. The van der Waals surface area contributed by atoms with E-state index in [1.165, 1.54) is 16.8 Å². The van der Waals surface area contributed by atoms with Crippen molar-refractivity contribution in [1.29, 1.82) is 5.26 Å². The molecular weight excluding hydrogens is 350 g/mol. The fourth-order valence-corrected chi connectivity index (χ4v) is 3.86. The van der Waals surface area contributed by atoms with Crippen molar-refractivity contribution in [3.8, 4) is 23.3 Å². The number of aromatic nitrogens is 1. The molecule has 4 rings (SSSR count). The van der Waals surface area contributed by atoms with E-state index in [2.05, 4.69) is 33.7 Å². The summed E-state index contributed by atoms with van der Waals surface area (Å²) in [6, 6.07) is 18.3. The van der Waals surface area contributed by atoms with Gasteiger partial charge in [-0.3, -0.25) is 4.90 Å². The number of methoxy groups -OCH3 is 2. The molecule has 0 radical (unpaired) electrons. The maximum atomic E-state index is 9.44. The Balaban J connectivity index is 1.58. The number of para-hydroxylation sites is 1. The summed E-state index contributed by atoms with van der Waals surface area (Å²) in [5.74, 6) is 1.56. The van der Waals surface area contributed by atoms with Gasteiger partial charge in [0.1, 0.15) is 6.07 Å². The van der Waals surface area contributed by atoms with Crippen molar-refractivity contribution < 1.29 is 9.47 Å². The monoisotopic (exact) mass is 373 g/mol. The summed E-state index contributed by atoms with van der Waals surface area (Å²) in [6.45, 7) is 2.66. The van der Waals surface area contributed by atoms with Crippen molar-refractivity contribution in [2.75, 3.05) is 20.8 Å². The summed E-state index contributed by atoms with van der Waals surface area (Å²) < 4.78 is 13.0. The maximum absolute atomic E-state index is 9.44. The first-order valence-electron chi connectivity index (χ1n) is 9.35. The smallest absolute Gasteiger partial charge is 0.161 e. The van der Waals surface area contributed by atoms with Crippen LogP contribution in [0.15, 0.2) is 54.7 Å². The van der Waals surface area contributed by atoms with E-state index in [0.717, 1.165) is 43.2 Å². The van der Waals surface area contributed by atoms with E-state index < -0.39 is 0 Å². The molecule has 3 aromatic rings. The molecule has 0 unspecified atom stereocenters. The number of hydrogen-bond donors (Lipinski definition) is 0. The average Bonchev–Trinajstić information content (AvgIpc) is 3.20. The molecule has 2 aromatic carbocycles. The minimum Gasteiger partial charge on any atom is -0.493 e. The largest absolute Gasteiger partial charge is 0.493 e. The molecule has 5 heteroatoms. The van der Waals surface area contributed by atoms with E-state index in [4.69, 9.17) is 9.47 Å². The summed E-state index contributed by atoms with van der Waals surface area (Å²) >= 11 is 0. The molecule has 0 saturated heterocycles. The van der Waals surface area contributed by atoms with Gasteiger partial charge in [0.15, 0.2) is 11.5 Å². The van der Waals surface area contributed by atoms with Gasteiger partial charge in [0.05, 0.1) is 25.5 Å². The van der Waals surface area contributed by atoms with Crippen molar-refractivity contribution in [2.45, 2.75) is 19.5 Å². The van der Waals surface area contributed by atoms with Crippen molar-refractivity contribution in [2.24, 2.45) is 0 Å². The number of ether oxygens (including phenoxy) is 2. The molecule has 0 N–H and O–H groups in total. The van der Waals surface area contributed by atoms with Gasteiger partial charge in [-0.05, 0) is 53.9 Å². The second-order valence-corrected chi connectivity index (χ2v) is 6.94. The number of nitriles is 1. The van der Waals surface area contributed by atoms with Crippen LogP contribution in [-0.4, -0.2) is 30.2 Å². The standard InChI is InChI=1S/C23H23N3O2/c1-27-22-12-17-9-11-25(15-19(17)13-23(22)28-2)16-20-7-5-10-26(20)21-8-4-3-6-18(21)14-24/h3-8,10,12-13H,9,11,15-16H2,1-2H3. The van der Waals surface area contributed by atoms with Crippen LogP contribution in [0.25, 0.3) is 5.69 Å². The van der Waals surface area contributed by atoms with Crippen LogP contribution in [0.3, 0.4) is 0 Å². The molecule has 5 nitrogen and oxygen atoms in total. The first-order valence-corrected chi connectivity index (χ1v) is 9.35. The summed E-state index contributed by atoms with van der Waals surface area (Å²) in [5, 5.41) is 9.44. The van der Waals surface area contributed by atoms with Gasteiger partial charge in [-0.1, -0.05) is 12.1 Å². The third-order valence-corrected chi connectivity index (χ3v) is 5.30. The van der Waals surface area contributed by atoms with Gasteiger partial charge in [0.2, 0.25) is 0 Å². The van der Waals surface area contributed by atoms with Crippen LogP contribution >= 0.6 is 0 Å². The van der Waals surface area contributed by atoms with E-state index in [1.54, 1.807) is 14.2 Å². The highest BCUT2D eigenvalue weighted by molar-refractivity contribution is 5.50. The number of nitrogens with zero attached hydrogens (tertiary/aromatic N) is 3. The number of fused-ring (bicyclic) bond motifs is 1. The minimum absolute atomic E-state index is 0.681. The second-order valence-electron chi connectivity index (χ2n) is 6.94. The van der Waals surface area contributed by atoms with Crippen LogP contribution in [0.5, 0.6) is 11.5 Å². The van der Waals surface area contributed by atoms with Crippen LogP contribution < -0.4 is 9.47 Å². The van der Waals surface area contributed by atoms with E-state index in [-0.39, 0.29) is 0 Å². The van der Waals surface area contributed by atoms with Gasteiger partial charge in [0.25, 0.3) is 0 Å². The van der Waals surface area contributed by atoms with Gasteiger partial charge in [-0.15, -0.1) is 0 Å². The van der Waals surface area contributed by atoms with Crippen LogP contribution in [0.2, 0.25) is 0 Å². The Hall–Kier alpha value is -3.23. The van der Waals surface area contributed by atoms with Gasteiger partial charge >= 0.3 is 0 Å². The fraction of sp³-hybridized carbons (Fsp3) is 0.261. The molecule has 2 heterocycles. The topological polar surface area (TPSA) is 50.4 Å². The normalized spacial score (nSPS) is 13.6. The lowest BCUT2D eigenvalue weighted by Crippen LogP contribution is -2.30. The number of benzene rings is 2. The molecule has 0 amide bonds. The number of hydrogen-bond acceptors (Lipinski definition) is 4. The predicted octanol–water partition coefficient (Wildman–Crippen LogP) is 3.92. The van der Waals surface area contributed by atoms with Crippen LogP contribution in [-0.2, 0) is 19.5 Å². The summed E-state index contributed by atoms with van der Waals surface area (Å²) in [7, 11) is 3.34. The Morgan fingerprint density at radius 3 is 2.50 bits per heavy atom. The summed E-state index contributed by atoms with van der Waals surface area (Å²) in [4.78, 5) is 2.43. The molecule has 0 atom stereocenters. The molecule has 0 saturated carbocycles. The Morgan fingerprint density at radius 2 is 1.75 bits per heavy atom. The lowest BCUT2D eigenvalue weighted by atomic mass is 9.98. The Kier molecular flexibility index (Phi) is 5.05. The Morgan fingerprint density at radius 1 is 1.00 bits per heavy atom. The quantitative estimate of drug-likeness (QED) is 0.680. The van der Waals surface area contributed by atoms with Gasteiger partial charge in [-0.2, -0.15) is 5.26 Å². The van der Waals surface area contributed by atoms with Crippen LogP contribution in [0.1, 0.15) is 22.4 Å². The molecule has 142 valence electrons.